The Labute approximate surface area is 154 Å². The summed E-state index contributed by atoms with van der Waals surface area (Å²) in [6.07, 6.45) is 1.41. The molecule has 2 rings (SSSR count). The van der Waals surface area contributed by atoms with Crippen molar-refractivity contribution in [1.82, 2.24) is 0 Å². The van der Waals surface area contributed by atoms with Crippen molar-refractivity contribution < 1.29 is 9.53 Å². The van der Waals surface area contributed by atoms with E-state index in [-0.39, 0.29) is 5.57 Å². The Morgan fingerprint density at radius 2 is 1.77 bits per heavy atom. The van der Waals surface area contributed by atoms with E-state index in [9.17, 15) is 10.1 Å². The molecule has 0 bridgehead atoms. The molecular formula is C21H23N3O2. The van der Waals surface area contributed by atoms with E-state index in [0.29, 0.717) is 6.61 Å². The number of rotatable bonds is 6. The maximum absolute atomic E-state index is 12.4. The summed E-state index contributed by atoms with van der Waals surface area (Å²) in [6.45, 7) is 8.40. The van der Waals surface area contributed by atoms with Gasteiger partial charge in [0.1, 0.15) is 17.4 Å². The highest BCUT2D eigenvalue weighted by atomic mass is 16.5. The lowest BCUT2D eigenvalue weighted by atomic mass is 10.0. The topological polar surface area (TPSA) is 74.1 Å². The molecule has 5 heteroatoms. The van der Waals surface area contributed by atoms with Gasteiger partial charge in [0, 0.05) is 17.6 Å². The molecule has 0 saturated heterocycles. The van der Waals surface area contributed by atoms with E-state index < -0.39 is 5.91 Å². The molecule has 0 saturated carbocycles. The van der Waals surface area contributed by atoms with Crippen molar-refractivity contribution >= 4 is 17.3 Å². The monoisotopic (exact) mass is 349 g/mol. The molecule has 134 valence electrons. The second-order valence-corrected chi connectivity index (χ2v) is 6.00. The third kappa shape index (κ3) is 4.87. The lowest BCUT2D eigenvalue weighted by molar-refractivity contribution is -0.112. The first-order valence-electron chi connectivity index (χ1n) is 8.43. The number of nitrogens with zero attached hydrogens (tertiary/aromatic N) is 1. The fraction of sp³-hybridized carbons (Fsp3) is 0.238. The molecule has 2 N–H and O–H groups in total. The number of carbonyl (C=O) groups excluding carboxylic acids is 1. The maximum atomic E-state index is 12.4. The van der Waals surface area contributed by atoms with Gasteiger partial charge in [-0.15, -0.1) is 0 Å². The van der Waals surface area contributed by atoms with Gasteiger partial charge in [-0.3, -0.25) is 4.79 Å². The van der Waals surface area contributed by atoms with E-state index in [1.165, 1.54) is 6.20 Å². The Hall–Kier alpha value is -3.26. The summed E-state index contributed by atoms with van der Waals surface area (Å²) in [7, 11) is 0. The van der Waals surface area contributed by atoms with Gasteiger partial charge in [-0.25, -0.2) is 0 Å². The summed E-state index contributed by atoms with van der Waals surface area (Å²) >= 11 is 0. The first-order valence-corrected chi connectivity index (χ1v) is 8.43. The second kappa shape index (κ2) is 8.72. The standard InChI is InChI=1S/C21H23N3O2/c1-5-26-19-8-6-18(7-9-19)23-13-17(12-22)21(25)24-20-15(3)10-14(2)11-16(20)4/h6-11,13,23H,5H2,1-4H3,(H,24,25)/b17-13-. The Morgan fingerprint density at radius 3 is 2.31 bits per heavy atom. The number of aryl methyl sites for hydroxylation is 3. The largest absolute Gasteiger partial charge is 0.494 e. The number of carbonyl (C=O) groups is 1. The normalized spacial score (nSPS) is 10.8. The van der Waals surface area contributed by atoms with E-state index in [0.717, 1.165) is 33.8 Å². The van der Waals surface area contributed by atoms with Crippen LogP contribution in [0.5, 0.6) is 5.75 Å². The van der Waals surface area contributed by atoms with E-state index in [2.05, 4.69) is 10.6 Å². The van der Waals surface area contributed by atoms with Crippen LogP contribution in [0.3, 0.4) is 0 Å². The fourth-order valence-corrected chi connectivity index (χ4v) is 2.68. The van der Waals surface area contributed by atoms with Crippen molar-refractivity contribution in [3.05, 3.63) is 64.9 Å². The van der Waals surface area contributed by atoms with Crippen LogP contribution in [0.2, 0.25) is 0 Å². The molecular weight excluding hydrogens is 326 g/mol. The molecule has 0 heterocycles. The summed E-state index contributed by atoms with van der Waals surface area (Å²) in [5.74, 6) is 0.326. The van der Waals surface area contributed by atoms with E-state index in [4.69, 9.17) is 4.74 Å². The van der Waals surface area contributed by atoms with Crippen LogP contribution in [-0.2, 0) is 4.79 Å². The van der Waals surface area contributed by atoms with Gasteiger partial charge in [-0.2, -0.15) is 5.26 Å². The quantitative estimate of drug-likeness (QED) is 0.596. The molecule has 2 aromatic rings. The molecule has 0 fully saturated rings. The van der Waals surface area contributed by atoms with Crippen LogP contribution in [0.15, 0.2) is 48.2 Å². The van der Waals surface area contributed by atoms with Gasteiger partial charge in [0.25, 0.3) is 5.91 Å². The molecule has 0 aliphatic rings. The van der Waals surface area contributed by atoms with Crippen LogP contribution in [0.1, 0.15) is 23.6 Å². The molecule has 0 radical (unpaired) electrons. The van der Waals surface area contributed by atoms with Gasteiger partial charge in [-0.05, 0) is 63.1 Å². The molecule has 0 spiro atoms. The average molecular weight is 349 g/mol. The molecule has 0 atom stereocenters. The summed E-state index contributed by atoms with van der Waals surface area (Å²) < 4.78 is 5.38. The van der Waals surface area contributed by atoms with E-state index in [1.807, 2.05) is 70.2 Å². The predicted molar refractivity (Wildman–Crippen MR) is 104 cm³/mol. The first-order chi connectivity index (χ1) is 12.4. The van der Waals surface area contributed by atoms with Crippen molar-refractivity contribution in [2.24, 2.45) is 0 Å². The van der Waals surface area contributed by atoms with Gasteiger partial charge in [0.2, 0.25) is 0 Å². The van der Waals surface area contributed by atoms with Crippen LogP contribution in [0.25, 0.3) is 0 Å². The summed E-state index contributed by atoms with van der Waals surface area (Å²) in [5, 5.41) is 15.1. The van der Waals surface area contributed by atoms with Gasteiger partial charge in [-0.1, -0.05) is 17.7 Å². The number of amides is 1. The highest BCUT2D eigenvalue weighted by Crippen LogP contribution is 2.22. The number of benzene rings is 2. The summed E-state index contributed by atoms with van der Waals surface area (Å²) in [6, 6.07) is 13.2. The highest BCUT2D eigenvalue weighted by molar-refractivity contribution is 6.07. The first kappa shape index (κ1) is 19.1. The van der Waals surface area contributed by atoms with Gasteiger partial charge < -0.3 is 15.4 Å². The van der Waals surface area contributed by atoms with Crippen molar-refractivity contribution in [2.45, 2.75) is 27.7 Å². The number of nitriles is 1. The van der Waals surface area contributed by atoms with Crippen molar-refractivity contribution in [1.29, 1.82) is 5.26 Å². The summed E-state index contributed by atoms with van der Waals surface area (Å²) in [4.78, 5) is 12.4. The minimum absolute atomic E-state index is 0.00161. The third-order valence-corrected chi connectivity index (χ3v) is 3.83. The molecule has 26 heavy (non-hydrogen) atoms. The van der Waals surface area contributed by atoms with Crippen LogP contribution in [0, 0.1) is 32.1 Å². The smallest absolute Gasteiger partial charge is 0.267 e. The lowest BCUT2D eigenvalue weighted by Gasteiger charge is -2.12. The molecule has 0 unspecified atom stereocenters. The van der Waals surface area contributed by atoms with Crippen molar-refractivity contribution in [3.8, 4) is 11.8 Å². The number of hydrogen-bond acceptors (Lipinski definition) is 4. The molecule has 2 aromatic carbocycles. The highest BCUT2D eigenvalue weighted by Gasteiger charge is 2.12. The van der Waals surface area contributed by atoms with Crippen LogP contribution >= 0.6 is 0 Å². The summed E-state index contributed by atoms with van der Waals surface area (Å²) in [5.41, 5.74) is 4.56. The van der Waals surface area contributed by atoms with E-state index >= 15 is 0 Å². The van der Waals surface area contributed by atoms with Crippen molar-refractivity contribution in [2.75, 3.05) is 17.2 Å². The molecule has 0 aliphatic carbocycles. The van der Waals surface area contributed by atoms with Gasteiger partial charge in [0.15, 0.2) is 0 Å². The van der Waals surface area contributed by atoms with Crippen LogP contribution in [-0.4, -0.2) is 12.5 Å². The molecule has 0 aromatic heterocycles. The Balaban J connectivity index is 2.11. The van der Waals surface area contributed by atoms with Gasteiger partial charge >= 0.3 is 0 Å². The fourth-order valence-electron chi connectivity index (χ4n) is 2.68. The molecule has 0 aliphatic heterocycles. The Bertz CT molecular complexity index is 839. The minimum atomic E-state index is -0.444. The zero-order chi connectivity index (χ0) is 19.1. The molecule has 5 nitrogen and oxygen atoms in total. The minimum Gasteiger partial charge on any atom is -0.494 e. The number of nitrogens with one attached hydrogen (secondary N) is 2. The van der Waals surface area contributed by atoms with Crippen molar-refractivity contribution in [3.63, 3.8) is 0 Å². The zero-order valence-electron chi connectivity index (χ0n) is 15.5. The third-order valence-electron chi connectivity index (χ3n) is 3.83. The Morgan fingerprint density at radius 1 is 1.15 bits per heavy atom. The number of ether oxygens (including phenoxy) is 1. The molecule has 1 amide bonds. The maximum Gasteiger partial charge on any atom is 0.267 e. The lowest BCUT2D eigenvalue weighted by Crippen LogP contribution is -2.16. The Kier molecular flexibility index (Phi) is 6.40. The predicted octanol–water partition coefficient (Wildman–Crippen LogP) is 4.47. The van der Waals surface area contributed by atoms with Crippen LogP contribution in [0.4, 0.5) is 11.4 Å². The van der Waals surface area contributed by atoms with Crippen LogP contribution < -0.4 is 15.4 Å². The SMILES string of the molecule is CCOc1ccc(N/C=C(/C#N)C(=O)Nc2c(C)cc(C)cc2C)cc1. The van der Waals surface area contributed by atoms with E-state index in [1.54, 1.807) is 0 Å². The van der Waals surface area contributed by atoms with Gasteiger partial charge in [0.05, 0.1) is 6.61 Å². The average Bonchev–Trinajstić information content (AvgIpc) is 2.60. The second-order valence-electron chi connectivity index (χ2n) is 6.00. The number of hydrogen-bond donors (Lipinski definition) is 2. The number of anilines is 2. The zero-order valence-corrected chi connectivity index (χ0v) is 15.5.